The Bertz CT molecular complexity index is 964. The first-order chi connectivity index (χ1) is 13.4. The normalized spacial score (nSPS) is 18.8. The van der Waals surface area contributed by atoms with Gasteiger partial charge in [-0.2, -0.15) is 5.10 Å². The lowest BCUT2D eigenvalue weighted by atomic mass is 9.88. The van der Waals surface area contributed by atoms with Crippen molar-refractivity contribution >= 4 is 39.6 Å². The Morgan fingerprint density at radius 2 is 2.07 bits per heavy atom. The van der Waals surface area contributed by atoms with E-state index in [-0.39, 0.29) is 11.5 Å². The number of aromatic hydroxyl groups is 1. The van der Waals surface area contributed by atoms with E-state index in [1.807, 2.05) is 30.3 Å². The van der Waals surface area contributed by atoms with Gasteiger partial charge in [-0.25, -0.2) is 5.43 Å². The van der Waals surface area contributed by atoms with Crippen molar-refractivity contribution in [2.24, 2.45) is 11.0 Å². The van der Waals surface area contributed by atoms with E-state index in [9.17, 15) is 24.8 Å². The van der Waals surface area contributed by atoms with Crippen LogP contribution in [0.1, 0.15) is 17.0 Å². The summed E-state index contributed by atoms with van der Waals surface area (Å²) in [7, 11) is 0. The van der Waals surface area contributed by atoms with Gasteiger partial charge in [0.15, 0.2) is 0 Å². The van der Waals surface area contributed by atoms with Crippen molar-refractivity contribution < 1.29 is 19.6 Å². The van der Waals surface area contributed by atoms with Crippen LogP contribution in [0.5, 0.6) is 5.75 Å². The molecule has 2 amide bonds. The Balaban J connectivity index is 1.76. The number of hydrazone groups is 1. The van der Waals surface area contributed by atoms with Crippen LogP contribution in [0.4, 0.5) is 5.69 Å². The molecule has 0 bridgehead atoms. The number of phenols is 1. The molecule has 0 spiro atoms. The highest BCUT2D eigenvalue weighted by atomic mass is 79.9. The Kier molecular flexibility index (Phi) is 5.69. The molecule has 3 rings (SSSR count). The van der Waals surface area contributed by atoms with Gasteiger partial charge in [-0.3, -0.25) is 19.7 Å². The zero-order chi connectivity index (χ0) is 20.3. The van der Waals surface area contributed by atoms with Crippen LogP contribution in [0.25, 0.3) is 0 Å². The number of nitrogens with one attached hydrogen (secondary N) is 2. The zero-order valence-electron chi connectivity index (χ0n) is 14.3. The van der Waals surface area contributed by atoms with E-state index in [4.69, 9.17) is 0 Å². The third-order valence-electron chi connectivity index (χ3n) is 4.35. The molecule has 0 unspecified atom stereocenters. The average molecular weight is 447 g/mol. The maximum atomic E-state index is 12.5. The number of amides is 2. The Labute approximate surface area is 167 Å². The first kappa shape index (κ1) is 19.5. The molecule has 1 saturated heterocycles. The van der Waals surface area contributed by atoms with Crippen LogP contribution in [-0.4, -0.2) is 34.6 Å². The lowest BCUT2D eigenvalue weighted by molar-refractivity contribution is -0.385. The number of halogens is 1. The SMILES string of the molecule is O=C1NC[C@H](c2ccccc2)[C@@H]1C(=O)NN=Cc1cc(Br)cc([N+](=O)[O-])c1O. The largest absolute Gasteiger partial charge is 0.502 e. The molecular formula is C18H15BrN4O5. The molecule has 2 aromatic carbocycles. The summed E-state index contributed by atoms with van der Waals surface area (Å²) in [5.74, 6) is -2.87. The number of hydrogen-bond acceptors (Lipinski definition) is 6. The molecule has 28 heavy (non-hydrogen) atoms. The van der Waals surface area contributed by atoms with Crippen LogP contribution in [0.2, 0.25) is 0 Å². The summed E-state index contributed by atoms with van der Waals surface area (Å²) in [6.45, 7) is 0.337. The molecule has 1 aliphatic rings. The standard InChI is InChI=1S/C18H15BrN4O5/c19-12-6-11(16(24)14(7-12)23(27)28)8-21-22-18(26)15-13(9-20-17(15)25)10-4-2-1-3-5-10/h1-8,13,15,24H,9H2,(H,20,25)(H,22,26)/t13-,15+/m1/s1. The van der Waals surface area contributed by atoms with Gasteiger partial charge in [0.25, 0.3) is 5.91 Å². The summed E-state index contributed by atoms with van der Waals surface area (Å²) >= 11 is 3.11. The highest BCUT2D eigenvalue weighted by molar-refractivity contribution is 9.10. The number of nitro groups is 1. The van der Waals surface area contributed by atoms with E-state index in [1.165, 1.54) is 6.07 Å². The van der Waals surface area contributed by atoms with E-state index in [2.05, 4.69) is 31.8 Å². The fourth-order valence-electron chi connectivity index (χ4n) is 3.01. The quantitative estimate of drug-likeness (QED) is 0.279. The number of nitro benzene ring substituents is 1. The Morgan fingerprint density at radius 1 is 1.36 bits per heavy atom. The number of rotatable bonds is 5. The average Bonchev–Trinajstić information content (AvgIpc) is 3.06. The lowest BCUT2D eigenvalue weighted by Gasteiger charge is -2.15. The molecule has 1 fully saturated rings. The maximum absolute atomic E-state index is 12.5. The molecule has 9 nitrogen and oxygen atoms in total. The molecule has 1 heterocycles. The van der Waals surface area contributed by atoms with Gasteiger partial charge >= 0.3 is 5.69 Å². The van der Waals surface area contributed by atoms with Crippen LogP contribution < -0.4 is 10.7 Å². The smallest absolute Gasteiger partial charge is 0.312 e. The maximum Gasteiger partial charge on any atom is 0.312 e. The van der Waals surface area contributed by atoms with Crippen molar-refractivity contribution in [1.82, 2.24) is 10.7 Å². The van der Waals surface area contributed by atoms with Crippen LogP contribution in [0.15, 0.2) is 52.0 Å². The van der Waals surface area contributed by atoms with Gasteiger partial charge < -0.3 is 10.4 Å². The minimum absolute atomic E-state index is 0.0388. The molecule has 3 N–H and O–H groups in total. The molecule has 1 aliphatic heterocycles. The summed E-state index contributed by atoms with van der Waals surface area (Å²) in [5.41, 5.74) is 2.66. The van der Waals surface area contributed by atoms with Gasteiger partial charge in [0.1, 0.15) is 5.92 Å². The molecular weight excluding hydrogens is 432 g/mol. The van der Waals surface area contributed by atoms with Crippen molar-refractivity contribution in [1.29, 1.82) is 0 Å². The van der Waals surface area contributed by atoms with Gasteiger partial charge in [0, 0.05) is 28.6 Å². The second-order valence-corrected chi connectivity index (χ2v) is 7.01. The number of carbonyl (C=O) groups excluding carboxylic acids is 2. The second kappa shape index (κ2) is 8.17. The third-order valence-corrected chi connectivity index (χ3v) is 4.81. The van der Waals surface area contributed by atoms with Gasteiger partial charge in [-0.05, 0) is 11.6 Å². The number of carbonyl (C=O) groups is 2. The van der Waals surface area contributed by atoms with E-state index >= 15 is 0 Å². The van der Waals surface area contributed by atoms with E-state index in [1.54, 1.807) is 0 Å². The zero-order valence-corrected chi connectivity index (χ0v) is 15.9. The molecule has 0 aromatic heterocycles. The molecule has 2 atom stereocenters. The number of hydrogen-bond donors (Lipinski definition) is 3. The summed E-state index contributed by atoms with van der Waals surface area (Å²) in [6.07, 6.45) is 1.08. The lowest BCUT2D eigenvalue weighted by Crippen LogP contribution is -2.34. The fraction of sp³-hybridized carbons (Fsp3) is 0.167. The molecule has 0 radical (unpaired) electrons. The highest BCUT2D eigenvalue weighted by Gasteiger charge is 2.40. The minimum atomic E-state index is -0.954. The summed E-state index contributed by atoms with van der Waals surface area (Å²) in [5, 5.41) is 27.3. The topological polar surface area (TPSA) is 134 Å². The van der Waals surface area contributed by atoms with Crippen molar-refractivity contribution in [3.63, 3.8) is 0 Å². The Morgan fingerprint density at radius 3 is 2.75 bits per heavy atom. The minimum Gasteiger partial charge on any atom is -0.502 e. The highest BCUT2D eigenvalue weighted by Crippen LogP contribution is 2.32. The second-order valence-electron chi connectivity index (χ2n) is 6.09. The summed E-state index contributed by atoms with van der Waals surface area (Å²) in [4.78, 5) is 34.8. The van der Waals surface area contributed by atoms with Crippen LogP contribution in [0, 0.1) is 16.0 Å². The summed E-state index contributed by atoms with van der Waals surface area (Å²) in [6, 6.07) is 11.7. The van der Waals surface area contributed by atoms with Crippen molar-refractivity contribution in [2.45, 2.75) is 5.92 Å². The number of nitrogens with zero attached hydrogens (tertiary/aromatic N) is 2. The predicted molar refractivity (Wildman–Crippen MR) is 104 cm³/mol. The molecule has 0 saturated carbocycles. The van der Waals surface area contributed by atoms with E-state index in [0.717, 1.165) is 17.8 Å². The Hall–Kier alpha value is -3.27. The van der Waals surface area contributed by atoms with Crippen molar-refractivity contribution in [2.75, 3.05) is 6.54 Å². The van der Waals surface area contributed by atoms with E-state index < -0.39 is 34.1 Å². The van der Waals surface area contributed by atoms with Crippen molar-refractivity contribution in [3.8, 4) is 5.75 Å². The van der Waals surface area contributed by atoms with Crippen LogP contribution >= 0.6 is 15.9 Å². The van der Waals surface area contributed by atoms with Gasteiger partial charge in [0.2, 0.25) is 11.7 Å². The number of benzene rings is 2. The molecule has 0 aliphatic carbocycles. The van der Waals surface area contributed by atoms with Crippen LogP contribution in [-0.2, 0) is 9.59 Å². The first-order valence-corrected chi connectivity index (χ1v) is 9.00. The van der Waals surface area contributed by atoms with Gasteiger partial charge in [-0.15, -0.1) is 0 Å². The van der Waals surface area contributed by atoms with E-state index in [0.29, 0.717) is 11.0 Å². The van der Waals surface area contributed by atoms with Gasteiger partial charge in [0.05, 0.1) is 11.1 Å². The molecule has 144 valence electrons. The van der Waals surface area contributed by atoms with Gasteiger partial charge in [-0.1, -0.05) is 46.3 Å². The predicted octanol–water partition coefficient (Wildman–Crippen LogP) is 2.04. The van der Waals surface area contributed by atoms with Crippen LogP contribution in [0.3, 0.4) is 0 Å². The third kappa shape index (κ3) is 4.01. The fourth-order valence-corrected chi connectivity index (χ4v) is 3.47. The first-order valence-electron chi connectivity index (χ1n) is 8.21. The summed E-state index contributed by atoms with van der Waals surface area (Å²) < 4.78 is 0.365. The monoisotopic (exact) mass is 446 g/mol. The van der Waals surface area contributed by atoms with Crippen molar-refractivity contribution in [3.05, 3.63) is 68.2 Å². The molecule has 2 aromatic rings. The molecule has 10 heteroatoms. The number of phenolic OH excluding ortho intramolecular Hbond substituents is 1.